The van der Waals surface area contributed by atoms with Gasteiger partial charge < -0.3 is 30.4 Å². The monoisotopic (exact) mass is 529 g/mol. The summed E-state index contributed by atoms with van der Waals surface area (Å²) in [4.78, 5) is 35.7. The van der Waals surface area contributed by atoms with Crippen molar-refractivity contribution in [3.63, 3.8) is 0 Å². The lowest BCUT2D eigenvalue weighted by Crippen LogP contribution is -2.27. The minimum Gasteiger partial charge on any atom is -0.495 e. The number of imidazole rings is 1. The van der Waals surface area contributed by atoms with Crippen LogP contribution in [0.4, 0.5) is 11.4 Å². The Morgan fingerprint density at radius 3 is 2.62 bits per heavy atom. The van der Waals surface area contributed by atoms with Crippen LogP contribution < -0.4 is 25.4 Å². The summed E-state index contributed by atoms with van der Waals surface area (Å²) in [5, 5.41) is 2.89. The summed E-state index contributed by atoms with van der Waals surface area (Å²) in [6, 6.07) is 16.1. The number of hydrogen-bond acceptors (Lipinski definition) is 6. The molecule has 0 aliphatic rings. The first kappa shape index (κ1) is 27.7. The molecule has 0 saturated heterocycles. The zero-order valence-electron chi connectivity index (χ0n) is 22.8. The molecule has 4 rings (SSSR count). The number of aryl methyl sites for hydroxylation is 2. The number of benzene rings is 3. The fourth-order valence-corrected chi connectivity index (χ4v) is 4.38. The number of fused-ring (bicyclic) bond motifs is 1. The highest BCUT2D eigenvalue weighted by Gasteiger charge is 2.20. The molecule has 204 valence electrons. The molecule has 0 saturated carbocycles. The minimum absolute atomic E-state index is 0.236. The number of methoxy groups -OCH3 is 1. The molecule has 4 N–H and O–H groups in total. The van der Waals surface area contributed by atoms with Crippen molar-refractivity contribution < 1.29 is 19.1 Å². The molecule has 0 unspecified atom stereocenters. The highest BCUT2D eigenvalue weighted by molar-refractivity contribution is 6.12. The Bertz CT molecular complexity index is 1480. The minimum atomic E-state index is -0.325. The molecule has 3 aromatic carbocycles. The quantitative estimate of drug-likeness (QED) is 0.229. The Labute approximate surface area is 228 Å². The maximum atomic E-state index is 13.5. The van der Waals surface area contributed by atoms with Crippen LogP contribution in [0.15, 0.2) is 54.6 Å². The summed E-state index contributed by atoms with van der Waals surface area (Å²) in [5.41, 5.74) is 9.96. The first-order valence-corrected chi connectivity index (χ1v) is 13.0. The van der Waals surface area contributed by atoms with Crippen molar-refractivity contribution in [1.82, 2.24) is 9.97 Å². The van der Waals surface area contributed by atoms with Gasteiger partial charge in [-0.25, -0.2) is 4.98 Å². The molecule has 0 aliphatic heterocycles. The highest BCUT2D eigenvalue weighted by atomic mass is 16.5. The molecule has 39 heavy (non-hydrogen) atoms. The van der Waals surface area contributed by atoms with Crippen molar-refractivity contribution >= 4 is 34.2 Å². The van der Waals surface area contributed by atoms with Crippen molar-refractivity contribution in [2.75, 3.05) is 37.5 Å². The summed E-state index contributed by atoms with van der Waals surface area (Å²) < 4.78 is 11.6. The average molecular weight is 530 g/mol. The number of carbonyl (C=O) groups excluding carboxylic acids is 2. The van der Waals surface area contributed by atoms with Crippen LogP contribution in [0.1, 0.15) is 51.4 Å². The summed E-state index contributed by atoms with van der Waals surface area (Å²) >= 11 is 0. The van der Waals surface area contributed by atoms with Crippen molar-refractivity contribution in [3.8, 4) is 11.5 Å². The molecular formula is C30H35N5O4. The predicted octanol–water partition coefficient (Wildman–Crippen LogP) is 5.23. The van der Waals surface area contributed by atoms with Crippen LogP contribution in [0.3, 0.4) is 0 Å². The molecular weight excluding hydrogens is 494 g/mol. The fourth-order valence-electron chi connectivity index (χ4n) is 4.38. The Morgan fingerprint density at radius 2 is 1.85 bits per heavy atom. The summed E-state index contributed by atoms with van der Waals surface area (Å²) in [6.45, 7) is 5.04. The molecule has 9 nitrogen and oxygen atoms in total. The van der Waals surface area contributed by atoms with E-state index >= 15 is 0 Å². The van der Waals surface area contributed by atoms with Gasteiger partial charge >= 0.3 is 0 Å². The number of anilines is 2. The predicted molar refractivity (Wildman–Crippen MR) is 154 cm³/mol. The molecule has 0 aliphatic carbocycles. The van der Waals surface area contributed by atoms with E-state index in [1.54, 1.807) is 42.3 Å². The second-order valence-corrected chi connectivity index (χ2v) is 9.43. The number of nitrogens with two attached hydrogens (primary N) is 1. The smallest absolute Gasteiger partial charge is 0.258 e. The molecule has 0 radical (unpaired) electrons. The number of aromatic amines is 1. The molecule has 0 bridgehead atoms. The van der Waals surface area contributed by atoms with Gasteiger partial charge in [0, 0.05) is 12.6 Å². The summed E-state index contributed by atoms with van der Waals surface area (Å²) in [7, 11) is 3.21. The lowest BCUT2D eigenvalue weighted by atomic mass is 10.1. The largest absolute Gasteiger partial charge is 0.495 e. The molecule has 2 amide bonds. The Kier molecular flexibility index (Phi) is 8.83. The standard InChI is InChI=1S/C30H35N5O4/c1-19-11-14-25(27(17-19)39-16-7-5-6-15-31)35(3)30(37)21-12-13-23(26(18-21)38-4)34-29(36)22-9-8-10-24-28(22)33-20(2)32-24/h8-14,17-18H,5-7,15-16,31H2,1-4H3,(H,32,33)(H,34,36). The van der Waals surface area contributed by atoms with Crippen molar-refractivity contribution in [3.05, 3.63) is 77.1 Å². The van der Waals surface area contributed by atoms with E-state index in [2.05, 4.69) is 15.3 Å². The summed E-state index contributed by atoms with van der Waals surface area (Å²) in [5.74, 6) is 1.18. The van der Waals surface area contributed by atoms with E-state index in [4.69, 9.17) is 15.2 Å². The topological polar surface area (TPSA) is 123 Å². The Hall–Kier alpha value is -4.37. The number of H-pyrrole nitrogens is 1. The van der Waals surface area contributed by atoms with Gasteiger partial charge in [-0.1, -0.05) is 12.1 Å². The van der Waals surface area contributed by atoms with Crippen molar-refractivity contribution in [1.29, 1.82) is 0 Å². The van der Waals surface area contributed by atoms with Crippen LogP contribution in [-0.2, 0) is 0 Å². The number of nitrogens with zero attached hydrogens (tertiary/aromatic N) is 2. The van der Waals surface area contributed by atoms with E-state index in [1.807, 2.05) is 38.1 Å². The highest BCUT2D eigenvalue weighted by Crippen LogP contribution is 2.32. The van der Waals surface area contributed by atoms with Gasteiger partial charge in [-0.15, -0.1) is 0 Å². The molecule has 0 atom stereocenters. The number of para-hydroxylation sites is 1. The number of amides is 2. The molecule has 1 heterocycles. The van der Waals surface area contributed by atoms with Gasteiger partial charge in [-0.05, 0) is 87.7 Å². The van der Waals surface area contributed by atoms with E-state index in [0.29, 0.717) is 52.7 Å². The SMILES string of the molecule is COc1cc(C(=O)N(C)c2ccc(C)cc2OCCCCCN)ccc1NC(=O)c1cccc2[nH]c(C)nc12. The van der Waals surface area contributed by atoms with Crippen molar-refractivity contribution in [2.24, 2.45) is 5.73 Å². The zero-order valence-corrected chi connectivity index (χ0v) is 22.8. The van der Waals surface area contributed by atoms with Gasteiger partial charge in [-0.3, -0.25) is 9.59 Å². The first-order chi connectivity index (χ1) is 18.8. The fraction of sp³-hybridized carbons (Fsp3) is 0.300. The van der Waals surface area contributed by atoms with Crippen LogP contribution in [-0.4, -0.2) is 49.1 Å². The Balaban J connectivity index is 1.52. The molecule has 0 spiro atoms. The van der Waals surface area contributed by atoms with Gasteiger partial charge in [0.15, 0.2) is 0 Å². The van der Waals surface area contributed by atoms with E-state index in [1.165, 1.54) is 7.11 Å². The molecule has 0 fully saturated rings. The molecule has 1 aromatic heterocycles. The first-order valence-electron chi connectivity index (χ1n) is 13.0. The Morgan fingerprint density at radius 1 is 1.03 bits per heavy atom. The average Bonchev–Trinajstić information content (AvgIpc) is 3.32. The number of nitrogens with one attached hydrogen (secondary N) is 2. The lowest BCUT2D eigenvalue weighted by Gasteiger charge is -2.22. The van der Waals surface area contributed by atoms with Crippen LogP contribution >= 0.6 is 0 Å². The third-order valence-electron chi connectivity index (χ3n) is 6.46. The number of aromatic nitrogens is 2. The molecule has 9 heteroatoms. The number of ether oxygens (including phenoxy) is 2. The van der Waals surface area contributed by atoms with Crippen LogP contribution in [0.5, 0.6) is 11.5 Å². The van der Waals surface area contributed by atoms with E-state index in [0.717, 1.165) is 36.2 Å². The van der Waals surface area contributed by atoms with Crippen LogP contribution in [0.25, 0.3) is 11.0 Å². The summed E-state index contributed by atoms with van der Waals surface area (Å²) in [6.07, 6.45) is 2.84. The van der Waals surface area contributed by atoms with Gasteiger partial charge in [0.05, 0.1) is 36.2 Å². The zero-order chi connectivity index (χ0) is 27.9. The maximum Gasteiger partial charge on any atom is 0.258 e. The van der Waals surface area contributed by atoms with E-state index in [9.17, 15) is 9.59 Å². The number of carbonyl (C=O) groups is 2. The van der Waals surface area contributed by atoms with Crippen molar-refractivity contribution in [2.45, 2.75) is 33.1 Å². The third kappa shape index (κ3) is 6.38. The van der Waals surface area contributed by atoms with E-state index < -0.39 is 0 Å². The van der Waals surface area contributed by atoms with E-state index in [-0.39, 0.29) is 11.8 Å². The number of hydrogen-bond donors (Lipinski definition) is 3. The number of unbranched alkanes of at least 4 members (excludes halogenated alkanes) is 2. The van der Waals surface area contributed by atoms with Gasteiger partial charge in [0.2, 0.25) is 0 Å². The second kappa shape index (κ2) is 12.4. The number of rotatable bonds is 11. The van der Waals surface area contributed by atoms with Gasteiger partial charge in [0.25, 0.3) is 11.8 Å². The third-order valence-corrected chi connectivity index (χ3v) is 6.46. The van der Waals surface area contributed by atoms with Gasteiger partial charge in [-0.2, -0.15) is 0 Å². The van der Waals surface area contributed by atoms with Gasteiger partial charge in [0.1, 0.15) is 22.8 Å². The molecule has 4 aromatic rings. The second-order valence-electron chi connectivity index (χ2n) is 9.43. The maximum absolute atomic E-state index is 13.5. The lowest BCUT2D eigenvalue weighted by molar-refractivity contribution is 0.0990. The normalized spacial score (nSPS) is 10.9. The van der Waals surface area contributed by atoms with Crippen LogP contribution in [0.2, 0.25) is 0 Å². The van der Waals surface area contributed by atoms with Crippen LogP contribution in [0, 0.1) is 13.8 Å².